The largest absolute Gasteiger partial charge is 0.497 e. The minimum Gasteiger partial charge on any atom is -0.497 e. The summed E-state index contributed by atoms with van der Waals surface area (Å²) in [4.78, 5) is 11.5. The lowest BCUT2D eigenvalue weighted by atomic mass is 10.1. The third kappa shape index (κ3) is 4.57. The second-order valence-electron chi connectivity index (χ2n) is 5.96. The van der Waals surface area contributed by atoms with Gasteiger partial charge in [0.05, 0.1) is 18.6 Å². The summed E-state index contributed by atoms with van der Waals surface area (Å²) in [6.07, 6.45) is 0. The number of rotatable bonds is 8. The van der Waals surface area contributed by atoms with Crippen molar-refractivity contribution >= 4 is 21.7 Å². The van der Waals surface area contributed by atoms with Gasteiger partial charge in [0, 0.05) is 12.2 Å². The van der Waals surface area contributed by atoms with Crippen LogP contribution >= 0.6 is 0 Å². The Morgan fingerprint density at radius 1 is 1.22 bits per heavy atom. The fraction of sp³-hybridized carbons (Fsp3) is 0.278. The van der Waals surface area contributed by atoms with Crippen molar-refractivity contribution in [1.82, 2.24) is 4.31 Å². The van der Waals surface area contributed by atoms with Crippen LogP contribution in [-0.2, 0) is 21.4 Å². The van der Waals surface area contributed by atoms with Crippen molar-refractivity contribution in [2.75, 3.05) is 19.5 Å². The van der Waals surface area contributed by atoms with Crippen LogP contribution in [0.2, 0.25) is 0 Å². The van der Waals surface area contributed by atoms with Gasteiger partial charge in [-0.1, -0.05) is 17.7 Å². The molecule has 1 unspecified atom stereocenters. The molecule has 0 amide bonds. The number of benzene rings is 2. The van der Waals surface area contributed by atoms with Gasteiger partial charge in [-0.25, -0.2) is 8.42 Å². The Balaban J connectivity index is 2.53. The predicted octanol–water partition coefficient (Wildman–Crippen LogP) is 1.22. The van der Waals surface area contributed by atoms with E-state index in [1.54, 1.807) is 18.2 Å². The van der Waals surface area contributed by atoms with Gasteiger partial charge in [0.25, 0.3) is 0 Å². The number of hydrogen-bond acceptors (Lipinski definition) is 6. The molecule has 0 aliphatic carbocycles. The number of methoxy groups -OCH3 is 1. The fourth-order valence-corrected chi connectivity index (χ4v) is 4.13. The molecule has 0 spiro atoms. The maximum Gasteiger partial charge on any atom is 0.324 e. The van der Waals surface area contributed by atoms with Crippen LogP contribution < -0.4 is 10.5 Å². The molecule has 2 rings (SSSR count). The van der Waals surface area contributed by atoms with E-state index < -0.39 is 28.6 Å². The number of nitrogen functional groups attached to an aromatic ring is 1. The summed E-state index contributed by atoms with van der Waals surface area (Å²) in [5.41, 5.74) is 7.55. The van der Waals surface area contributed by atoms with Gasteiger partial charge in [0.2, 0.25) is 10.0 Å². The second kappa shape index (κ2) is 8.38. The molecule has 0 aromatic heterocycles. The van der Waals surface area contributed by atoms with Gasteiger partial charge >= 0.3 is 5.97 Å². The number of sulfonamides is 1. The molecule has 0 saturated carbocycles. The lowest BCUT2D eigenvalue weighted by molar-refractivity contribution is -0.142. The number of hydrogen-bond donors (Lipinski definition) is 3. The molecule has 27 heavy (non-hydrogen) atoms. The van der Waals surface area contributed by atoms with Gasteiger partial charge in [-0.2, -0.15) is 4.31 Å². The van der Waals surface area contributed by atoms with E-state index in [9.17, 15) is 23.4 Å². The van der Waals surface area contributed by atoms with E-state index in [4.69, 9.17) is 10.5 Å². The summed E-state index contributed by atoms with van der Waals surface area (Å²) in [5, 5.41) is 18.9. The van der Waals surface area contributed by atoms with Crippen molar-refractivity contribution in [3.05, 3.63) is 53.6 Å². The highest BCUT2D eigenvalue weighted by atomic mass is 32.2. The van der Waals surface area contributed by atoms with Crippen LogP contribution in [0.1, 0.15) is 11.1 Å². The molecule has 0 bridgehead atoms. The van der Waals surface area contributed by atoms with Gasteiger partial charge in [0.15, 0.2) is 0 Å². The number of ether oxygens (including phenoxy) is 1. The first-order chi connectivity index (χ1) is 12.7. The first kappa shape index (κ1) is 20.7. The Labute approximate surface area is 157 Å². The van der Waals surface area contributed by atoms with E-state index in [0.29, 0.717) is 17.0 Å². The summed E-state index contributed by atoms with van der Waals surface area (Å²) < 4.78 is 32.0. The zero-order valence-corrected chi connectivity index (χ0v) is 15.8. The predicted molar refractivity (Wildman–Crippen MR) is 99.8 cm³/mol. The normalized spacial score (nSPS) is 12.7. The highest BCUT2D eigenvalue weighted by molar-refractivity contribution is 7.89. The van der Waals surface area contributed by atoms with Gasteiger partial charge in [0.1, 0.15) is 11.8 Å². The van der Waals surface area contributed by atoms with Gasteiger partial charge < -0.3 is 20.7 Å². The molecule has 2 aromatic rings. The average Bonchev–Trinajstić information content (AvgIpc) is 2.64. The second-order valence-corrected chi connectivity index (χ2v) is 7.86. The molecule has 8 nitrogen and oxygen atoms in total. The number of aliphatic hydroxyl groups excluding tert-OH is 1. The lowest BCUT2D eigenvalue weighted by Gasteiger charge is -2.27. The first-order valence-electron chi connectivity index (χ1n) is 8.05. The summed E-state index contributed by atoms with van der Waals surface area (Å²) in [6, 6.07) is 8.97. The number of aliphatic hydroxyl groups is 1. The standard InChI is InChI=1S/C18H22N2O6S/c1-12-3-8-16(19)13(9-12)10-20(17(11-21)18(22)23)27(24,25)15-6-4-14(26-2)5-7-15/h3-9,17,21H,10-11,19H2,1-2H3,(H,22,23). The molecule has 1 atom stereocenters. The third-order valence-electron chi connectivity index (χ3n) is 4.10. The van der Waals surface area contributed by atoms with E-state index in [-0.39, 0.29) is 11.4 Å². The Morgan fingerprint density at radius 2 is 1.85 bits per heavy atom. The Hall–Kier alpha value is -2.62. The van der Waals surface area contributed by atoms with Gasteiger partial charge in [-0.3, -0.25) is 4.79 Å². The fourth-order valence-electron chi connectivity index (χ4n) is 2.58. The maximum absolute atomic E-state index is 13.1. The van der Waals surface area contributed by atoms with Gasteiger partial charge in [-0.15, -0.1) is 0 Å². The van der Waals surface area contributed by atoms with E-state index >= 15 is 0 Å². The van der Waals surface area contributed by atoms with Crippen molar-refractivity contribution in [2.45, 2.75) is 24.4 Å². The lowest BCUT2D eigenvalue weighted by Crippen LogP contribution is -2.46. The highest BCUT2D eigenvalue weighted by Gasteiger charge is 2.36. The molecule has 0 aliphatic heterocycles. The number of aryl methyl sites for hydroxylation is 1. The Morgan fingerprint density at radius 3 is 2.37 bits per heavy atom. The molecule has 4 N–H and O–H groups in total. The molecular weight excluding hydrogens is 372 g/mol. The van der Waals surface area contributed by atoms with Crippen LogP contribution in [0.25, 0.3) is 0 Å². The summed E-state index contributed by atoms with van der Waals surface area (Å²) in [5.74, 6) is -0.999. The number of carboxylic acid groups (broad SMARTS) is 1. The van der Waals surface area contributed by atoms with Crippen molar-refractivity contribution in [3.63, 3.8) is 0 Å². The zero-order valence-electron chi connectivity index (χ0n) is 15.0. The number of carboxylic acids is 1. The van der Waals surface area contributed by atoms with Crippen molar-refractivity contribution < 1.29 is 28.2 Å². The highest BCUT2D eigenvalue weighted by Crippen LogP contribution is 2.25. The molecule has 0 saturated heterocycles. The van der Waals surface area contributed by atoms with Crippen LogP contribution in [0.15, 0.2) is 47.4 Å². The molecule has 2 aromatic carbocycles. The van der Waals surface area contributed by atoms with Crippen molar-refractivity contribution in [2.24, 2.45) is 0 Å². The van der Waals surface area contributed by atoms with E-state index in [1.165, 1.54) is 31.4 Å². The van der Waals surface area contributed by atoms with E-state index in [1.807, 2.05) is 6.92 Å². The first-order valence-corrected chi connectivity index (χ1v) is 9.49. The summed E-state index contributed by atoms with van der Waals surface area (Å²) >= 11 is 0. The van der Waals surface area contributed by atoms with Crippen molar-refractivity contribution in [1.29, 1.82) is 0 Å². The molecular formula is C18H22N2O6S. The van der Waals surface area contributed by atoms with Crippen LogP contribution in [0, 0.1) is 6.92 Å². The van der Waals surface area contributed by atoms with E-state index in [0.717, 1.165) is 9.87 Å². The van der Waals surface area contributed by atoms with Crippen LogP contribution in [0.4, 0.5) is 5.69 Å². The molecule has 9 heteroatoms. The van der Waals surface area contributed by atoms with Crippen LogP contribution in [-0.4, -0.2) is 48.7 Å². The quantitative estimate of drug-likeness (QED) is 0.574. The molecule has 0 radical (unpaired) electrons. The van der Waals surface area contributed by atoms with E-state index in [2.05, 4.69) is 0 Å². The molecule has 0 fully saturated rings. The van der Waals surface area contributed by atoms with Crippen LogP contribution in [0.5, 0.6) is 5.75 Å². The molecule has 146 valence electrons. The average molecular weight is 394 g/mol. The van der Waals surface area contributed by atoms with Crippen LogP contribution in [0.3, 0.4) is 0 Å². The number of carbonyl (C=O) groups is 1. The van der Waals surface area contributed by atoms with Gasteiger partial charge in [-0.05, 0) is 42.8 Å². The Kier molecular flexibility index (Phi) is 6.42. The Bertz CT molecular complexity index is 912. The minimum absolute atomic E-state index is 0.116. The maximum atomic E-state index is 13.1. The van der Waals surface area contributed by atoms with Crippen molar-refractivity contribution in [3.8, 4) is 5.75 Å². The molecule has 0 heterocycles. The number of anilines is 1. The topological polar surface area (TPSA) is 130 Å². The zero-order chi connectivity index (χ0) is 20.2. The minimum atomic E-state index is -4.23. The monoisotopic (exact) mass is 394 g/mol. The third-order valence-corrected chi connectivity index (χ3v) is 5.97. The molecule has 0 aliphatic rings. The summed E-state index contributed by atoms with van der Waals surface area (Å²) in [6.45, 7) is 0.641. The SMILES string of the molecule is COc1ccc(S(=O)(=O)N(Cc2cc(C)ccc2N)C(CO)C(=O)O)cc1. The smallest absolute Gasteiger partial charge is 0.324 e. The number of aliphatic carboxylic acids is 1. The summed E-state index contributed by atoms with van der Waals surface area (Å²) in [7, 11) is -2.78. The number of nitrogens with two attached hydrogens (primary N) is 1. The number of nitrogens with zero attached hydrogens (tertiary/aromatic N) is 1.